The molecule has 2 aliphatic rings. The average molecular weight is 497 g/mol. The second-order valence-corrected chi connectivity index (χ2v) is 11.0. The van der Waals surface area contributed by atoms with Crippen LogP contribution in [0.1, 0.15) is 32.1 Å². The van der Waals surface area contributed by atoms with Crippen LogP contribution < -0.4 is 20.3 Å². The van der Waals surface area contributed by atoms with Gasteiger partial charge in [0.1, 0.15) is 17.2 Å². The highest BCUT2D eigenvalue weighted by Crippen LogP contribution is 2.54. The monoisotopic (exact) mass is 496 g/mol. The van der Waals surface area contributed by atoms with Crippen molar-refractivity contribution in [3.63, 3.8) is 0 Å². The number of hydroxylamine groups is 1. The molecule has 1 amide bonds. The van der Waals surface area contributed by atoms with E-state index in [4.69, 9.17) is 4.74 Å². The Morgan fingerprint density at radius 2 is 1.50 bits per heavy atom. The first-order valence-corrected chi connectivity index (χ1v) is 12.4. The summed E-state index contributed by atoms with van der Waals surface area (Å²) in [6.45, 7) is -1.40. The Bertz CT molecular complexity index is 1120. The molecule has 2 aromatic carbocycles. The lowest BCUT2D eigenvalue weighted by Gasteiger charge is -2.36. The third-order valence-corrected chi connectivity index (χ3v) is 9.29. The summed E-state index contributed by atoms with van der Waals surface area (Å²) in [5.41, 5.74) is 1.33. The normalized spacial score (nSPS) is 22.0. The number of benzene rings is 2. The number of nitrogens with one attached hydrogen (secondary N) is 2. The van der Waals surface area contributed by atoms with Gasteiger partial charge in [-0.3, -0.25) is 10.0 Å². The lowest BCUT2D eigenvalue weighted by Crippen LogP contribution is -2.51. The minimum absolute atomic E-state index is 0.0145. The number of alkyl halides is 2. The Balaban J connectivity index is 1.55. The van der Waals surface area contributed by atoms with Gasteiger partial charge in [0.05, 0.1) is 4.90 Å². The average Bonchev–Trinajstić information content (AvgIpc) is 3.21. The number of sulfone groups is 1. The van der Waals surface area contributed by atoms with Gasteiger partial charge in [0.15, 0.2) is 14.6 Å². The van der Waals surface area contributed by atoms with Gasteiger partial charge in [-0.1, -0.05) is 0 Å². The molecule has 1 heterocycles. The van der Waals surface area contributed by atoms with E-state index in [1.54, 1.807) is 5.48 Å². The largest absolute Gasteiger partial charge is 0.457 e. The standard InChI is InChI=1S/C23H26F2N2O6S/c24-21(25)33-18-3-1-16(2-4-18)32-17-5-7-19(8-6-17)34(30,31)23(20(28)27-29)10-9-22(15-23)11-13-26-14-12-22/h1-8,21,26,29H,9-15H2,(H,27,28). The predicted octanol–water partition coefficient (Wildman–Crippen LogP) is 3.65. The fraction of sp³-hybridized carbons (Fsp3) is 0.435. The topological polar surface area (TPSA) is 114 Å². The highest BCUT2D eigenvalue weighted by molar-refractivity contribution is 7.93. The van der Waals surface area contributed by atoms with Gasteiger partial charge in [0.2, 0.25) is 0 Å². The minimum Gasteiger partial charge on any atom is -0.457 e. The van der Waals surface area contributed by atoms with E-state index in [1.807, 2.05) is 0 Å². The summed E-state index contributed by atoms with van der Waals surface area (Å²) in [6, 6.07) is 11.2. The number of hydrogen-bond acceptors (Lipinski definition) is 7. The van der Waals surface area contributed by atoms with Crippen molar-refractivity contribution >= 4 is 15.7 Å². The molecule has 2 fully saturated rings. The summed E-state index contributed by atoms with van der Waals surface area (Å²) in [6.07, 6.45) is 2.43. The van der Waals surface area contributed by atoms with Gasteiger partial charge in [-0.05, 0) is 99.1 Å². The molecule has 0 radical (unpaired) electrons. The van der Waals surface area contributed by atoms with E-state index >= 15 is 0 Å². The molecule has 1 aliphatic carbocycles. The van der Waals surface area contributed by atoms with Crippen molar-refractivity contribution in [1.29, 1.82) is 0 Å². The molecule has 1 saturated carbocycles. The highest BCUT2D eigenvalue weighted by atomic mass is 32.2. The van der Waals surface area contributed by atoms with Crippen LogP contribution in [0.15, 0.2) is 53.4 Å². The highest BCUT2D eigenvalue weighted by Gasteiger charge is 2.60. The van der Waals surface area contributed by atoms with Crippen molar-refractivity contribution in [3.05, 3.63) is 48.5 Å². The van der Waals surface area contributed by atoms with E-state index in [-0.39, 0.29) is 28.9 Å². The molecule has 184 valence electrons. The number of carbonyl (C=O) groups is 1. The van der Waals surface area contributed by atoms with Gasteiger partial charge in [-0.2, -0.15) is 8.78 Å². The molecule has 2 aromatic rings. The zero-order valence-electron chi connectivity index (χ0n) is 18.3. The molecule has 0 bridgehead atoms. The third-order valence-electron chi connectivity index (χ3n) is 6.83. The number of amides is 1. The van der Waals surface area contributed by atoms with E-state index in [1.165, 1.54) is 48.5 Å². The second-order valence-electron chi connectivity index (χ2n) is 8.79. The molecule has 1 aliphatic heterocycles. The summed E-state index contributed by atoms with van der Waals surface area (Å²) < 4.78 is 60.1. The van der Waals surface area contributed by atoms with Crippen LogP contribution in [-0.4, -0.2) is 44.0 Å². The zero-order chi connectivity index (χ0) is 24.4. The van der Waals surface area contributed by atoms with E-state index in [9.17, 15) is 27.2 Å². The molecule has 1 spiro atoms. The molecule has 11 heteroatoms. The van der Waals surface area contributed by atoms with Gasteiger partial charge >= 0.3 is 6.61 Å². The van der Waals surface area contributed by atoms with Crippen molar-refractivity contribution in [3.8, 4) is 17.2 Å². The zero-order valence-corrected chi connectivity index (χ0v) is 19.1. The first-order chi connectivity index (χ1) is 16.2. The molecular weight excluding hydrogens is 470 g/mol. The van der Waals surface area contributed by atoms with Crippen LogP contribution in [0.3, 0.4) is 0 Å². The Morgan fingerprint density at radius 3 is 2.06 bits per heavy atom. The van der Waals surface area contributed by atoms with Crippen LogP contribution in [0.2, 0.25) is 0 Å². The van der Waals surface area contributed by atoms with Crippen molar-refractivity contribution < 1.29 is 36.7 Å². The summed E-state index contributed by atoms with van der Waals surface area (Å²) in [5.74, 6) is -0.256. The quantitative estimate of drug-likeness (QED) is 0.396. The van der Waals surface area contributed by atoms with Crippen LogP contribution in [0, 0.1) is 5.41 Å². The van der Waals surface area contributed by atoms with Crippen LogP contribution in [-0.2, 0) is 14.6 Å². The Kier molecular flexibility index (Phi) is 6.79. The number of hydrogen-bond donors (Lipinski definition) is 3. The smallest absolute Gasteiger partial charge is 0.387 e. The Hall–Kier alpha value is -2.76. The number of piperidine rings is 1. The van der Waals surface area contributed by atoms with E-state index in [0.29, 0.717) is 17.9 Å². The van der Waals surface area contributed by atoms with Gasteiger partial charge in [-0.15, -0.1) is 0 Å². The SMILES string of the molecule is O=C(NO)C1(S(=O)(=O)c2ccc(Oc3ccc(OC(F)F)cc3)cc2)CCC2(CCNCC2)C1. The lowest BCUT2D eigenvalue weighted by atomic mass is 9.77. The van der Waals surface area contributed by atoms with E-state index in [0.717, 1.165) is 25.9 Å². The fourth-order valence-corrected chi connectivity index (χ4v) is 7.12. The molecule has 34 heavy (non-hydrogen) atoms. The van der Waals surface area contributed by atoms with Gasteiger partial charge < -0.3 is 14.8 Å². The number of halogens is 2. The maximum Gasteiger partial charge on any atom is 0.387 e. The second kappa shape index (κ2) is 9.47. The van der Waals surface area contributed by atoms with E-state index in [2.05, 4.69) is 10.1 Å². The number of carbonyl (C=O) groups excluding carboxylic acids is 1. The molecule has 1 saturated heterocycles. The van der Waals surface area contributed by atoms with Crippen LogP contribution in [0.4, 0.5) is 8.78 Å². The summed E-state index contributed by atoms with van der Waals surface area (Å²) in [5, 5.41) is 12.6. The predicted molar refractivity (Wildman–Crippen MR) is 118 cm³/mol. The molecule has 4 rings (SSSR count). The molecular formula is C23H26F2N2O6S. The van der Waals surface area contributed by atoms with Crippen molar-refractivity contribution in [2.75, 3.05) is 13.1 Å². The number of ether oxygens (including phenoxy) is 2. The van der Waals surface area contributed by atoms with Crippen molar-refractivity contribution in [2.24, 2.45) is 5.41 Å². The van der Waals surface area contributed by atoms with Crippen LogP contribution >= 0.6 is 0 Å². The Morgan fingerprint density at radius 1 is 0.941 bits per heavy atom. The molecule has 1 atom stereocenters. The van der Waals surface area contributed by atoms with E-state index < -0.39 is 27.1 Å². The van der Waals surface area contributed by atoms with Crippen molar-refractivity contribution in [2.45, 2.75) is 48.4 Å². The van der Waals surface area contributed by atoms with Gasteiger partial charge in [0.25, 0.3) is 5.91 Å². The molecule has 8 nitrogen and oxygen atoms in total. The molecule has 0 aromatic heterocycles. The summed E-state index contributed by atoms with van der Waals surface area (Å²) in [4.78, 5) is 12.7. The Labute approximate surface area is 196 Å². The maximum absolute atomic E-state index is 13.7. The van der Waals surface area contributed by atoms with Crippen LogP contribution in [0.25, 0.3) is 0 Å². The first kappa shape index (κ1) is 24.4. The summed E-state index contributed by atoms with van der Waals surface area (Å²) >= 11 is 0. The fourth-order valence-electron chi connectivity index (χ4n) is 5.02. The van der Waals surface area contributed by atoms with Crippen LogP contribution in [0.5, 0.6) is 17.2 Å². The number of rotatable bonds is 7. The van der Waals surface area contributed by atoms with Gasteiger partial charge in [0, 0.05) is 0 Å². The lowest BCUT2D eigenvalue weighted by molar-refractivity contribution is -0.132. The summed E-state index contributed by atoms with van der Waals surface area (Å²) in [7, 11) is -4.13. The maximum atomic E-state index is 13.7. The molecule has 3 N–H and O–H groups in total. The van der Waals surface area contributed by atoms with Crippen molar-refractivity contribution in [1.82, 2.24) is 10.8 Å². The molecule has 1 unspecified atom stereocenters. The first-order valence-electron chi connectivity index (χ1n) is 10.9. The third kappa shape index (κ3) is 4.59. The minimum atomic E-state index is -4.13. The van der Waals surface area contributed by atoms with Gasteiger partial charge in [-0.25, -0.2) is 13.9 Å².